The molecule has 0 saturated carbocycles. The molecule has 1 aliphatic heterocycles. The summed E-state index contributed by atoms with van der Waals surface area (Å²) in [6.07, 6.45) is 2.19. The number of nitrogens with zero attached hydrogens (tertiary/aromatic N) is 3. The summed E-state index contributed by atoms with van der Waals surface area (Å²) in [6.45, 7) is 5.46. The third-order valence-corrected chi connectivity index (χ3v) is 6.79. The highest BCUT2D eigenvalue weighted by molar-refractivity contribution is 8.00. The Hall–Kier alpha value is -2.64. The fraction of sp³-hybridized carbons (Fsp3) is 0.375. The van der Waals surface area contributed by atoms with E-state index in [1.807, 2.05) is 65.2 Å². The number of thioether (sulfide) groups is 1. The topological polar surface area (TPSA) is 69.0 Å². The Morgan fingerprint density at radius 3 is 2.48 bits per heavy atom. The lowest BCUT2D eigenvalue weighted by Crippen LogP contribution is -2.39. The first-order valence-electron chi connectivity index (χ1n) is 10.8. The standard InChI is InChI=1S/C24H28N4O2S/c1-17(2)21(23(29)25-16-20-14-9-15-30-20)31-24-27-26-22(18-10-5-3-6-11-18)28(24)19-12-7-4-8-13-19/h3-8,10-13,17,20-21H,9,14-16H2,1-2H3,(H,25,29). The number of carbonyl (C=O) groups is 1. The average molecular weight is 437 g/mol. The summed E-state index contributed by atoms with van der Waals surface area (Å²) in [7, 11) is 0. The Bertz CT molecular complexity index is 985. The smallest absolute Gasteiger partial charge is 0.233 e. The third-order valence-electron chi connectivity index (χ3n) is 5.30. The lowest BCUT2D eigenvalue weighted by molar-refractivity contribution is -0.121. The number of carbonyl (C=O) groups excluding carboxylic acids is 1. The van der Waals surface area contributed by atoms with Crippen molar-refractivity contribution in [2.45, 2.75) is 43.2 Å². The zero-order valence-corrected chi connectivity index (χ0v) is 18.7. The van der Waals surface area contributed by atoms with Crippen LogP contribution >= 0.6 is 11.8 Å². The molecule has 0 aliphatic carbocycles. The molecular weight excluding hydrogens is 408 g/mol. The van der Waals surface area contributed by atoms with Gasteiger partial charge in [-0.05, 0) is 30.9 Å². The third kappa shape index (κ3) is 5.17. The highest BCUT2D eigenvalue weighted by Gasteiger charge is 2.28. The van der Waals surface area contributed by atoms with Gasteiger partial charge in [0.05, 0.1) is 11.4 Å². The molecule has 7 heteroatoms. The van der Waals surface area contributed by atoms with E-state index in [0.29, 0.717) is 11.7 Å². The lowest BCUT2D eigenvalue weighted by Gasteiger charge is -2.21. The molecule has 1 aliphatic rings. The molecule has 1 aromatic heterocycles. The van der Waals surface area contributed by atoms with Crippen molar-refractivity contribution in [3.05, 3.63) is 60.7 Å². The van der Waals surface area contributed by atoms with E-state index in [-0.39, 0.29) is 23.2 Å². The number of hydrogen-bond acceptors (Lipinski definition) is 5. The molecule has 1 saturated heterocycles. The molecule has 0 spiro atoms. The van der Waals surface area contributed by atoms with Crippen LogP contribution in [-0.2, 0) is 9.53 Å². The van der Waals surface area contributed by atoms with Gasteiger partial charge >= 0.3 is 0 Å². The Labute approximate surface area is 187 Å². The summed E-state index contributed by atoms with van der Waals surface area (Å²) in [5.74, 6) is 0.909. The molecule has 2 unspecified atom stereocenters. The van der Waals surface area contributed by atoms with Crippen LogP contribution in [0, 0.1) is 5.92 Å². The summed E-state index contributed by atoms with van der Waals surface area (Å²) in [4.78, 5) is 13.0. The maximum Gasteiger partial charge on any atom is 0.233 e. The van der Waals surface area contributed by atoms with E-state index in [9.17, 15) is 4.79 Å². The molecule has 1 N–H and O–H groups in total. The van der Waals surface area contributed by atoms with Crippen molar-refractivity contribution in [1.29, 1.82) is 0 Å². The van der Waals surface area contributed by atoms with Crippen molar-refractivity contribution in [2.75, 3.05) is 13.2 Å². The van der Waals surface area contributed by atoms with Crippen molar-refractivity contribution in [1.82, 2.24) is 20.1 Å². The Balaban J connectivity index is 1.61. The van der Waals surface area contributed by atoms with Gasteiger partial charge < -0.3 is 10.1 Å². The van der Waals surface area contributed by atoms with Gasteiger partial charge in [-0.1, -0.05) is 74.1 Å². The van der Waals surface area contributed by atoms with Gasteiger partial charge in [0, 0.05) is 24.4 Å². The molecular formula is C24H28N4O2S. The number of nitrogens with one attached hydrogen (secondary N) is 1. The summed E-state index contributed by atoms with van der Waals surface area (Å²) < 4.78 is 7.67. The van der Waals surface area contributed by atoms with Crippen LogP contribution in [-0.4, -0.2) is 45.2 Å². The van der Waals surface area contributed by atoms with Gasteiger partial charge in [0.1, 0.15) is 0 Å². The van der Waals surface area contributed by atoms with Crippen LogP contribution in [0.15, 0.2) is 65.8 Å². The summed E-state index contributed by atoms with van der Waals surface area (Å²) in [6, 6.07) is 20.0. The van der Waals surface area contributed by atoms with E-state index in [2.05, 4.69) is 29.4 Å². The van der Waals surface area contributed by atoms with Crippen LogP contribution in [0.1, 0.15) is 26.7 Å². The van der Waals surface area contributed by atoms with Gasteiger partial charge in [-0.3, -0.25) is 9.36 Å². The SMILES string of the molecule is CC(C)C(Sc1nnc(-c2ccccc2)n1-c1ccccc1)C(=O)NCC1CCCO1. The predicted molar refractivity (Wildman–Crippen MR) is 123 cm³/mol. The van der Waals surface area contributed by atoms with Crippen molar-refractivity contribution in [2.24, 2.45) is 5.92 Å². The van der Waals surface area contributed by atoms with Gasteiger partial charge in [0.2, 0.25) is 5.91 Å². The highest BCUT2D eigenvalue weighted by Crippen LogP contribution is 2.32. The van der Waals surface area contributed by atoms with E-state index >= 15 is 0 Å². The minimum Gasteiger partial charge on any atom is -0.376 e. The number of para-hydroxylation sites is 1. The van der Waals surface area contributed by atoms with Crippen LogP contribution in [0.25, 0.3) is 17.1 Å². The van der Waals surface area contributed by atoms with Crippen LogP contribution in [0.5, 0.6) is 0 Å². The number of aromatic nitrogens is 3. The maximum absolute atomic E-state index is 13.0. The fourth-order valence-corrected chi connectivity index (χ4v) is 4.73. The summed E-state index contributed by atoms with van der Waals surface area (Å²) >= 11 is 1.46. The molecule has 0 bridgehead atoms. The first-order chi connectivity index (χ1) is 15.1. The second-order valence-electron chi connectivity index (χ2n) is 8.01. The predicted octanol–water partition coefficient (Wildman–Crippen LogP) is 4.35. The minimum atomic E-state index is -0.281. The second-order valence-corrected chi connectivity index (χ2v) is 9.11. The molecule has 6 nitrogen and oxygen atoms in total. The van der Waals surface area contributed by atoms with E-state index in [1.54, 1.807) is 0 Å². The summed E-state index contributed by atoms with van der Waals surface area (Å²) in [5.41, 5.74) is 1.95. The van der Waals surface area contributed by atoms with E-state index in [4.69, 9.17) is 4.74 Å². The molecule has 1 amide bonds. The Morgan fingerprint density at radius 1 is 1.13 bits per heavy atom. The van der Waals surface area contributed by atoms with Crippen molar-refractivity contribution in [3.8, 4) is 17.1 Å². The quantitative estimate of drug-likeness (QED) is 0.532. The van der Waals surface area contributed by atoms with E-state index in [1.165, 1.54) is 11.8 Å². The molecule has 31 heavy (non-hydrogen) atoms. The van der Waals surface area contributed by atoms with Crippen LogP contribution in [0.4, 0.5) is 0 Å². The van der Waals surface area contributed by atoms with Gasteiger partial charge in [-0.2, -0.15) is 0 Å². The monoisotopic (exact) mass is 436 g/mol. The molecule has 4 rings (SSSR count). The molecule has 2 aromatic carbocycles. The number of amides is 1. The fourth-order valence-electron chi connectivity index (χ4n) is 3.66. The number of hydrogen-bond donors (Lipinski definition) is 1. The highest BCUT2D eigenvalue weighted by atomic mass is 32.2. The van der Waals surface area contributed by atoms with Crippen LogP contribution in [0.2, 0.25) is 0 Å². The Morgan fingerprint density at radius 2 is 1.84 bits per heavy atom. The lowest BCUT2D eigenvalue weighted by atomic mass is 10.1. The largest absolute Gasteiger partial charge is 0.376 e. The minimum absolute atomic E-state index is 0.0133. The molecule has 1 fully saturated rings. The van der Waals surface area contributed by atoms with Gasteiger partial charge in [-0.15, -0.1) is 10.2 Å². The van der Waals surface area contributed by atoms with Gasteiger partial charge in [0.15, 0.2) is 11.0 Å². The number of benzene rings is 2. The first kappa shape index (κ1) is 21.6. The molecule has 0 radical (unpaired) electrons. The normalized spacial score (nSPS) is 17.1. The molecule has 162 valence electrons. The van der Waals surface area contributed by atoms with Gasteiger partial charge in [-0.25, -0.2) is 0 Å². The zero-order chi connectivity index (χ0) is 21.6. The number of rotatable bonds is 8. The molecule has 3 aromatic rings. The number of ether oxygens (including phenoxy) is 1. The average Bonchev–Trinajstić information content (AvgIpc) is 3.47. The van der Waals surface area contributed by atoms with Crippen molar-refractivity contribution in [3.63, 3.8) is 0 Å². The Kier molecular flexibility index (Phi) is 7.04. The first-order valence-corrected chi connectivity index (χ1v) is 11.6. The zero-order valence-electron chi connectivity index (χ0n) is 17.9. The van der Waals surface area contributed by atoms with Crippen molar-refractivity contribution >= 4 is 17.7 Å². The molecule has 2 heterocycles. The molecule has 2 atom stereocenters. The van der Waals surface area contributed by atoms with E-state index < -0.39 is 0 Å². The maximum atomic E-state index is 13.0. The summed E-state index contributed by atoms with van der Waals surface area (Å²) in [5, 5.41) is 12.5. The van der Waals surface area contributed by atoms with Crippen LogP contribution < -0.4 is 5.32 Å². The van der Waals surface area contributed by atoms with Gasteiger partial charge in [0.25, 0.3) is 0 Å². The second kappa shape index (κ2) is 10.1. The van der Waals surface area contributed by atoms with E-state index in [0.717, 1.165) is 36.5 Å². The van der Waals surface area contributed by atoms with Crippen molar-refractivity contribution < 1.29 is 9.53 Å². The van der Waals surface area contributed by atoms with Crippen LogP contribution in [0.3, 0.4) is 0 Å².